The van der Waals surface area contributed by atoms with Crippen molar-refractivity contribution in [3.63, 3.8) is 0 Å². The Morgan fingerprint density at radius 2 is 1.88 bits per heavy atom. The third-order valence-electron chi connectivity index (χ3n) is 6.46. The predicted octanol–water partition coefficient (Wildman–Crippen LogP) is 3.54. The number of aromatic nitrogens is 1. The van der Waals surface area contributed by atoms with Crippen LogP contribution in [0.1, 0.15) is 43.5 Å². The van der Waals surface area contributed by atoms with E-state index in [2.05, 4.69) is 26.3 Å². The number of hydrogen-bond acceptors (Lipinski definition) is 7. The molecule has 2 fully saturated rings. The molecule has 0 unspecified atom stereocenters. The van der Waals surface area contributed by atoms with E-state index in [4.69, 9.17) is 0 Å². The molecule has 0 aliphatic carbocycles. The lowest BCUT2D eigenvalue weighted by Crippen LogP contribution is -2.53. The van der Waals surface area contributed by atoms with Crippen LogP contribution in [0.2, 0.25) is 0 Å². The monoisotopic (exact) mass is 440 g/mol. The lowest BCUT2D eigenvalue weighted by Gasteiger charge is -2.43. The Morgan fingerprint density at radius 3 is 2.44 bits per heavy atom. The van der Waals surface area contributed by atoms with E-state index in [1.165, 1.54) is 13.0 Å². The Bertz CT molecular complexity index is 864. The van der Waals surface area contributed by atoms with Gasteiger partial charge in [0.25, 0.3) is 0 Å². The summed E-state index contributed by atoms with van der Waals surface area (Å²) in [4.78, 5) is 22.9. The van der Waals surface area contributed by atoms with Gasteiger partial charge in [0, 0.05) is 56.9 Å². The predicted molar refractivity (Wildman–Crippen MR) is 128 cm³/mol. The number of pyridine rings is 1. The van der Waals surface area contributed by atoms with Crippen molar-refractivity contribution >= 4 is 11.6 Å². The maximum Gasteiger partial charge on any atom is 0.171 e. The minimum Gasteiger partial charge on any atom is -0.512 e. The number of ketones is 1. The van der Waals surface area contributed by atoms with Gasteiger partial charge in [0.15, 0.2) is 17.4 Å². The molecule has 1 aromatic rings. The van der Waals surface area contributed by atoms with Crippen molar-refractivity contribution in [1.82, 2.24) is 14.8 Å². The fourth-order valence-electron chi connectivity index (χ4n) is 4.39. The number of rotatable bonds is 8. The average Bonchev–Trinajstić information content (AvgIpc) is 2.82. The molecule has 0 spiro atoms. The summed E-state index contributed by atoms with van der Waals surface area (Å²) in [6.07, 6.45) is 10.1. The Balaban J connectivity index is 1.48. The largest absolute Gasteiger partial charge is 0.512 e. The zero-order valence-electron chi connectivity index (χ0n) is 19.3. The molecule has 0 bridgehead atoms. The molecule has 7 heteroatoms. The molecular formula is C25H36N4O3. The van der Waals surface area contributed by atoms with E-state index in [1.54, 1.807) is 12.3 Å². The number of Topliss-reactive ketones (excluding diaryl/α,β-unsaturated/α-hetero) is 1. The molecule has 0 radical (unpaired) electrons. The molecule has 2 saturated heterocycles. The van der Waals surface area contributed by atoms with E-state index >= 15 is 0 Å². The number of aliphatic hydroxyl groups excluding tert-OH is 1. The molecule has 1 aromatic heterocycles. The lowest BCUT2D eigenvalue weighted by molar-refractivity contribution is 0.101. The second kappa shape index (κ2) is 11.3. The molecule has 3 rings (SSSR count). The lowest BCUT2D eigenvalue weighted by atomic mass is 10.0. The number of hydrogen-bond donors (Lipinski definition) is 2. The number of carbonyl (C=O) groups excluding carboxylic acids is 1. The first-order valence-electron chi connectivity index (χ1n) is 11.5. The second-order valence-corrected chi connectivity index (χ2v) is 8.61. The van der Waals surface area contributed by atoms with E-state index in [9.17, 15) is 15.0 Å². The number of nitrogens with zero attached hydrogens (tertiary/aromatic N) is 4. The fraction of sp³-hybridized carbons (Fsp3) is 0.520. The first-order valence-corrected chi connectivity index (χ1v) is 11.5. The molecule has 0 atom stereocenters. The number of piperazine rings is 1. The summed E-state index contributed by atoms with van der Waals surface area (Å²) in [5.41, 5.74) is 1.56. The van der Waals surface area contributed by atoms with Crippen molar-refractivity contribution in [2.75, 3.05) is 50.7 Å². The molecule has 0 saturated carbocycles. The summed E-state index contributed by atoms with van der Waals surface area (Å²) < 4.78 is 0. The molecule has 7 nitrogen and oxygen atoms in total. The van der Waals surface area contributed by atoms with Crippen LogP contribution in [0.4, 0.5) is 5.82 Å². The molecule has 32 heavy (non-hydrogen) atoms. The van der Waals surface area contributed by atoms with Crippen molar-refractivity contribution in [2.45, 2.75) is 39.2 Å². The van der Waals surface area contributed by atoms with Gasteiger partial charge < -0.3 is 15.1 Å². The van der Waals surface area contributed by atoms with Crippen LogP contribution in [-0.2, 0) is 0 Å². The van der Waals surface area contributed by atoms with Gasteiger partial charge in [-0.05, 0) is 50.6 Å². The first kappa shape index (κ1) is 24.0. The molecular weight excluding hydrogens is 404 g/mol. The van der Waals surface area contributed by atoms with Crippen molar-refractivity contribution in [3.8, 4) is 5.75 Å². The number of carbonyl (C=O) groups is 1. The Hall–Kier alpha value is -2.64. The smallest absolute Gasteiger partial charge is 0.171 e. The number of anilines is 1. The number of likely N-dealkylation sites (tertiary alicyclic amines) is 1. The molecule has 3 heterocycles. The summed E-state index contributed by atoms with van der Waals surface area (Å²) in [5, 5.41) is 20.0. The maximum absolute atomic E-state index is 11.5. The minimum atomic E-state index is -0.0956. The number of aliphatic hydroxyl groups is 1. The van der Waals surface area contributed by atoms with E-state index in [-0.39, 0.29) is 11.5 Å². The van der Waals surface area contributed by atoms with Crippen molar-refractivity contribution in [2.24, 2.45) is 0 Å². The van der Waals surface area contributed by atoms with Crippen LogP contribution in [0.3, 0.4) is 0 Å². The summed E-state index contributed by atoms with van der Waals surface area (Å²) >= 11 is 0. The molecule has 2 N–H and O–H groups in total. The van der Waals surface area contributed by atoms with Gasteiger partial charge in [0.1, 0.15) is 0 Å². The van der Waals surface area contributed by atoms with E-state index in [0.29, 0.717) is 29.6 Å². The quantitative estimate of drug-likeness (QED) is 0.364. The van der Waals surface area contributed by atoms with Gasteiger partial charge in [0.05, 0.1) is 5.76 Å². The van der Waals surface area contributed by atoms with Gasteiger partial charge in [0.2, 0.25) is 0 Å². The number of allylic oxidation sites excluding steroid dienone is 3. The van der Waals surface area contributed by atoms with Crippen LogP contribution in [0.5, 0.6) is 5.75 Å². The molecule has 0 amide bonds. The Kier molecular flexibility index (Phi) is 8.47. The van der Waals surface area contributed by atoms with Gasteiger partial charge >= 0.3 is 0 Å². The third kappa shape index (κ3) is 6.20. The van der Waals surface area contributed by atoms with Crippen LogP contribution in [-0.4, -0.2) is 82.6 Å². The number of aromatic hydroxyl groups is 1. The van der Waals surface area contributed by atoms with E-state index in [1.807, 2.05) is 19.1 Å². The fourth-order valence-corrected chi connectivity index (χ4v) is 4.39. The highest BCUT2D eigenvalue weighted by Crippen LogP contribution is 2.27. The van der Waals surface area contributed by atoms with Gasteiger partial charge in [-0.2, -0.15) is 0 Å². The molecule has 2 aliphatic heterocycles. The SMILES string of the molecule is C=C/C(=C\C=C(\O)CC)CN1CCC(N2CCN(c3ncc(C(C)=O)cc3O)CC2)CC1. The minimum absolute atomic E-state index is 0.0765. The Morgan fingerprint density at radius 1 is 1.19 bits per heavy atom. The standard InChI is InChI=1S/C25H36N4O3/c1-4-20(6-7-23(31)5-2)18-27-10-8-22(9-11-27)28-12-14-29(15-13-28)25-24(32)16-21(17-26-25)19(3)30/h4,6-7,16-17,22,31-32H,1,5,8-15,18H2,2-3H3/b20-6+,23-7+. The summed E-state index contributed by atoms with van der Waals surface area (Å²) in [7, 11) is 0. The van der Waals surface area contributed by atoms with E-state index < -0.39 is 0 Å². The van der Waals surface area contributed by atoms with Crippen molar-refractivity contribution < 1.29 is 15.0 Å². The molecule has 0 aromatic carbocycles. The zero-order chi connectivity index (χ0) is 23.1. The van der Waals surface area contributed by atoms with Crippen LogP contribution in [0.15, 0.2) is 48.4 Å². The topological polar surface area (TPSA) is 80.1 Å². The highest BCUT2D eigenvalue weighted by molar-refractivity contribution is 5.94. The molecule has 2 aliphatic rings. The van der Waals surface area contributed by atoms with Gasteiger partial charge in [-0.15, -0.1) is 0 Å². The average molecular weight is 441 g/mol. The first-order chi connectivity index (χ1) is 15.4. The van der Waals surface area contributed by atoms with Crippen molar-refractivity contribution in [3.05, 3.63) is 54.0 Å². The normalized spacial score (nSPS) is 19.9. The highest BCUT2D eigenvalue weighted by atomic mass is 16.3. The van der Waals surface area contributed by atoms with Crippen LogP contribution in [0, 0.1) is 0 Å². The van der Waals surface area contributed by atoms with E-state index in [0.717, 1.165) is 64.2 Å². The summed E-state index contributed by atoms with van der Waals surface area (Å²) in [5.74, 6) is 0.936. The zero-order valence-corrected chi connectivity index (χ0v) is 19.3. The van der Waals surface area contributed by atoms with Gasteiger partial charge in [-0.1, -0.05) is 25.7 Å². The Labute approximate surface area is 191 Å². The van der Waals surface area contributed by atoms with Gasteiger partial charge in [-0.3, -0.25) is 14.6 Å². The second-order valence-electron chi connectivity index (χ2n) is 8.61. The van der Waals surface area contributed by atoms with Crippen LogP contribution in [0.25, 0.3) is 0 Å². The number of piperidine rings is 1. The van der Waals surface area contributed by atoms with Crippen LogP contribution >= 0.6 is 0 Å². The third-order valence-corrected chi connectivity index (χ3v) is 6.46. The van der Waals surface area contributed by atoms with Crippen LogP contribution < -0.4 is 4.90 Å². The van der Waals surface area contributed by atoms with Gasteiger partial charge in [-0.25, -0.2) is 4.98 Å². The molecule has 174 valence electrons. The summed E-state index contributed by atoms with van der Waals surface area (Å²) in [6, 6.07) is 2.09. The highest BCUT2D eigenvalue weighted by Gasteiger charge is 2.28. The van der Waals surface area contributed by atoms with Crippen molar-refractivity contribution in [1.29, 1.82) is 0 Å². The maximum atomic E-state index is 11.5. The summed E-state index contributed by atoms with van der Waals surface area (Å²) in [6.45, 7) is 13.8.